The van der Waals surface area contributed by atoms with E-state index in [0.717, 1.165) is 23.5 Å². The van der Waals surface area contributed by atoms with Crippen molar-refractivity contribution in [3.05, 3.63) is 16.1 Å². The molecule has 0 atom stereocenters. The predicted octanol–water partition coefficient (Wildman–Crippen LogP) is 1.57. The summed E-state index contributed by atoms with van der Waals surface area (Å²) in [6, 6.07) is 0. The molecule has 3 nitrogen and oxygen atoms in total. The Morgan fingerprint density at radius 1 is 1.75 bits per heavy atom. The van der Waals surface area contributed by atoms with Crippen molar-refractivity contribution in [2.75, 3.05) is 0 Å². The third-order valence-corrected chi connectivity index (χ3v) is 3.04. The molecule has 1 N–H and O–H groups in total. The molecule has 1 aliphatic carbocycles. The monoisotopic (exact) mass is 183 g/mol. The number of carboxylic acid groups (broad SMARTS) is 1. The molecule has 1 aromatic rings. The summed E-state index contributed by atoms with van der Waals surface area (Å²) in [6.45, 7) is 1.89. The lowest BCUT2D eigenvalue weighted by atomic mass is 10.1. The lowest BCUT2D eigenvalue weighted by Crippen LogP contribution is -2.19. The third-order valence-electron chi connectivity index (χ3n) is 2.27. The fourth-order valence-corrected chi connectivity index (χ4v) is 2.00. The number of carbonyl (C=O) groups is 1. The van der Waals surface area contributed by atoms with Crippen LogP contribution in [-0.2, 0) is 10.2 Å². The summed E-state index contributed by atoms with van der Waals surface area (Å²) in [5, 5.41) is 11.7. The van der Waals surface area contributed by atoms with Crippen LogP contribution in [0, 0.1) is 6.92 Å². The van der Waals surface area contributed by atoms with Crippen LogP contribution < -0.4 is 0 Å². The van der Waals surface area contributed by atoms with Crippen LogP contribution in [0.4, 0.5) is 0 Å². The number of aromatic nitrogens is 1. The molecule has 0 bridgehead atoms. The average Bonchev–Trinajstić information content (AvgIpc) is 2.71. The molecule has 0 aromatic carbocycles. The first-order valence-electron chi connectivity index (χ1n) is 3.81. The molecule has 0 radical (unpaired) electrons. The maximum Gasteiger partial charge on any atom is 0.315 e. The normalized spacial score (nSPS) is 19.1. The highest BCUT2D eigenvalue weighted by molar-refractivity contribution is 7.09. The number of thiazole rings is 1. The molecule has 0 spiro atoms. The van der Waals surface area contributed by atoms with Gasteiger partial charge in [0.25, 0.3) is 0 Å². The number of carboxylic acids is 1. The number of hydrogen-bond acceptors (Lipinski definition) is 3. The highest BCUT2D eigenvalue weighted by atomic mass is 32.1. The van der Waals surface area contributed by atoms with Gasteiger partial charge in [0.05, 0.1) is 10.7 Å². The molecule has 1 heterocycles. The van der Waals surface area contributed by atoms with Gasteiger partial charge in [0.1, 0.15) is 5.41 Å². The van der Waals surface area contributed by atoms with Gasteiger partial charge in [0.2, 0.25) is 0 Å². The maximum atomic E-state index is 10.9. The summed E-state index contributed by atoms with van der Waals surface area (Å²) in [5.74, 6) is -0.729. The highest BCUT2D eigenvalue weighted by Gasteiger charge is 2.53. The molecular formula is C8H9NO2S. The van der Waals surface area contributed by atoms with Crippen LogP contribution in [0.2, 0.25) is 0 Å². The summed E-state index contributed by atoms with van der Waals surface area (Å²) in [7, 11) is 0. The molecule has 1 saturated carbocycles. The van der Waals surface area contributed by atoms with Crippen LogP contribution in [0.5, 0.6) is 0 Å². The van der Waals surface area contributed by atoms with Gasteiger partial charge in [-0.1, -0.05) is 0 Å². The minimum absolute atomic E-state index is 0.620. The quantitative estimate of drug-likeness (QED) is 0.757. The molecule has 4 heteroatoms. The van der Waals surface area contributed by atoms with E-state index in [4.69, 9.17) is 5.11 Å². The lowest BCUT2D eigenvalue weighted by Gasteiger charge is -2.03. The second-order valence-corrected chi connectivity index (χ2v) is 4.20. The van der Waals surface area contributed by atoms with E-state index in [1.165, 1.54) is 11.3 Å². The zero-order valence-corrected chi connectivity index (χ0v) is 7.52. The Bertz CT molecular complexity index is 328. The summed E-state index contributed by atoms with van der Waals surface area (Å²) < 4.78 is 0. The Morgan fingerprint density at radius 2 is 2.42 bits per heavy atom. The molecular weight excluding hydrogens is 174 g/mol. The molecule has 1 aromatic heterocycles. The van der Waals surface area contributed by atoms with Crippen LogP contribution in [0.1, 0.15) is 23.5 Å². The molecule has 12 heavy (non-hydrogen) atoms. The molecule has 1 aliphatic rings. The number of aliphatic carboxylic acids is 1. The minimum Gasteiger partial charge on any atom is -0.481 e. The largest absolute Gasteiger partial charge is 0.481 e. The first kappa shape index (κ1) is 7.73. The van der Waals surface area contributed by atoms with Crippen LogP contribution in [0.15, 0.2) is 5.38 Å². The molecule has 0 aliphatic heterocycles. The first-order valence-corrected chi connectivity index (χ1v) is 4.69. The van der Waals surface area contributed by atoms with Gasteiger partial charge in [-0.2, -0.15) is 0 Å². The van der Waals surface area contributed by atoms with Gasteiger partial charge in [-0.15, -0.1) is 11.3 Å². The van der Waals surface area contributed by atoms with Crippen molar-refractivity contribution < 1.29 is 9.90 Å². The van der Waals surface area contributed by atoms with Gasteiger partial charge in [0.15, 0.2) is 0 Å². The van der Waals surface area contributed by atoms with Gasteiger partial charge in [0, 0.05) is 5.38 Å². The zero-order chi connectivity index (χ0) is 8.77. The highest BCUT2D eigenvalue weighted by Crippen LogP contribution is 2.48. The Morgan fingerprint density at radius 3 is 2.75 bits per heavy atom. The van der Waals surface area contributed by atoms with Crippen molar-refractivity contribution in [3.8, 4) is 0 Å². The van der Waals surface area contributed by atoms with Gasteiger partial charge in [-0.05, 0) is 19.8 Å². The van der Waals surface area contributed by atoms with Crippen LogP contribution in [0.25, 0.3) is 0 Å². The second-order valence-electron chi connectivity index (χ2n) is 3.14. The van der Waals surface area contributed by atoms with Crippen molar-refractivity contribution in [2.24, 2.45) is 0 Å². The molecule has 0 amide bonds. The zero-order valence-electron chi connectivity index (χ0n) is 6.70. The Kier molecular flexibility index (Phi) is 1.48. The molecule has 0 saturated heterocycles. The minimum atomic E-state index is -0.729. The van der Waals surface area contributed by atoms with Crippen molar-refractivity contribution >= 4 is 17.3 Å². The van der Waals surface area contributed by atoms with Crippen molar-refractivity contribution in [3.63, 3.8) is 0 Å². The molecule has 0 unspecified atom stereocenters. The molecule has 64 valence electrons. The third kappa shape index (κ3) is 0.948. The predicted molar refractivity (Wildman–Crippen MR) is 45.4 cm³/mol. The summed E-state index contributed by atoms with van der Waals surface area (Å²) in [4.78, 5) is 15.1. The maximum absolute atomic E-state index is 10.9. The van der Waals surface area contributed by atoms with Crippen LogP contribution >= 0.6 is 11.3 Å². The Labute approximate surface area is 74.1 Å². The number of aryl methyl sites for hydroxylation is 1. The van der Waals surface area contributed by atoms with Crippen molar-refractivity contribution in [2.45, 2.75) is 25.2 Å². The van der Waals surface area contributed by atoms with Gasteiger partial charge < -0.3 is 5.11 Å². The van der Waals surface area contributed by atoms with Gasteiger partial charge in [-0.3, -0.25) is 4.79 Å². The van der Waals surface area contributed by atoms with E-state index in [9.17, 15) is 4.79 Å². The summed E-state index contributed by atoms with van der Waals surface area (Å²) in [6.07, 6.45) is 1.48. The van der Waals surface area contributed by atoms with E-state index < -0.39 is 11.4 Å². The SMILES string of the molecule is Cc1nc(C2(C(=O)O)CC2)cs1. The van der Waals surface area contributed by atoms with Gasteiger partial charge >= 0.3 is 5.97 Å². The van der Waals surface area contributed by atoms with E-state index in [2.05, 4.69) is 4.98 Å². The molecule has 2 rings (SSSR count). The van der Waals surface area contributed by atoms with E-state index >= 15 is 0 Å². The van der Waals surface area contributed by atoms with E-state index in [1.54, 1.807) is 0 Å². The fourth-order valence-electron chi connectivity index (χ4n) is 1.29. The topological polar surface area (TPSA) is 50.2 Å². The number of hydrogen-bond donors (Lipinski definition) is 1. The Balaban J connectivity index is 2.36. The summed E-state index contributed by atoms with van der Waals surface area (Å²) in [5.41, 5.74) is 0.127. The van der Waals surface area contributed by atoms with E-state index in [1.807, 2.05) is 12.3 Å². The van der Waals surface area contributed by atoms with Gasteiger partial charge in [-0.25, -0.2) is 4.98 Å². The molecule has 1 fully saturated rings. The summed E-state index contributed by atoms with van der Waals surface area (Å²) >= 11 is 1.51. The van der Waals surface area contributed by atoms with E-state index in [0.29, 0.717) is 0 Å². The first-order chi connectivity index (χ1) is 5.65. The van der Waals surface area contributed by atoms with Crippen molar-refractivity contribution in [1.82, 2.24) is 4.98 Å². The van der Waals surface area contributed by atoms with Crippen LogP contribution in [0.3, 0.4) is 0 Å². The van der Waals surface area contributed by atoms with E-state index in [-0.39, 0.29) is 0 Å². The smallest absolute Gasteiger partial charge is 0.315 e. The lowest BCUT2D eigenvalue weighted by molar-refractivity contribution is -0.140. The number of rotatable bonds is 2. The standard InChI is InChI=1S/C8H9NO2S/c1-5-9-6(4-12-5)8(2-3-8)7(10)11/h4H,2-3H2,1H3,(H,10,11). The van der Waals surface area contributed by atoms with Crippen LogP contribution in [-0.4, -0.2) is 16.1 Å². The Hall–Kier alpha value is -0.900. The second kappa shape index (κ2) is 2.29. The average molecular weight is 183 g/mol. The number of nitrogens with zero attached hydrogens (tertiary/aromatic N) is 1. The fraction of sp³-hybridized carbons (Fsp3) is 0.500. The van der Waals surface area contributed by atoms with Crippen molar-refractivity contribution in [1.29, 1.82) is 0 Å².